The third-order valence-electron chi connectivity index (χ3n) is 4.92. The van der Waals surface area contributed by atoms with Gasteiger partial charge < -0.3 is 15.5 Å². The molecule has 3 rings (SSSR count). The van der Waals surface area contributed by atoms with Crippen molar-refractivity contribution >= 4 is 27.5 Å². The molecule has 0 radical (unpaired) electrons. The SMILES string of the molecule is CC1CC(NC(=O)C2CC(=O)N(c3cccc(S(N)(=O)=O)c3)C2)CCN1. The first kappa shape index (κ1) is 18.8. The number of rotatable bonds is 4. The summed E-state index contributed by atoms with van der Waals surface area (Å²) in [6.07, 6.45) is 1.86. The minimum atomic E-state index is -3.85. The van der Waals surface area contributed by atoms with Gasteiger partial charge in [-0.3, -0.25) is 9.59 Å². The van der Waals surface area contributed by atoms with E-state index in [1.54, 1.807) is 6.07 Å². The largest absolute Gasteiger partial charge is 0.353 e. The first-order valence-electron chi connectivity index (χ1n) is 8.71. The zero-order chi connectivity index (χ0) is 18.9. The molecule has 2 heterocycles. The number of nitrogens with two attached hydrogens (primary N) is 1. The van der Waals surface area contributed by atoms with Crippen molar-refractivity contribution < 1.29 is 18.0 Å². The van der Waals surface area contributed by atoms with Gasteiger partial charge in [0.05, 0.1) is 10.8 Å². The van der Waals surface area contributed by atoms with Gasteiger partial charge in [-0.2, -0.15) is 0 Å². The van der Waals surface area contributed by atoms with Gasteiger partial charge in [-0.1, -0.05) is 6.07 Å². The van der Waals surface area contributed by atoms with Gasteiger partial charge in [-0.05, 0) is 44.5 Å². The van der Waals surface area contributed by atoms with E-state index in [2.05, 4.69) is 17.6 Å². The van der Waals surface area contributed by atoms with Gasteiger partial charge in [0.2, 0.25) is 21.8 Å². The molecule has 2 aliphatic rings. The molecule has 0 saturated carbocycles. The monoisotopic (exact) mass is 380 g/mol. The summed E-state index contributed by atoms with van der Waals surface area (Å²) in [6, 6.07) is 6.39. The average molecular weight is 380 g/mol. The van der Waals surface area contributed by atoms with E-state index >= 15 is 0 Å². The van der Waals surface area contributed by atoms with E-state index in [-0.39, 0.29) is 35.7 Å². The predicted octanol–water partition coefficient (Wildman–Crippen LogP) is -0.0564. The van der Waals surface area contributed by atoms with Crippen LogP contribution in [0.25, 0.3) is 0 Å². The first-order chi connectivity index (χ1) is 12.2. The van der Waals surface area contributed by atoms with Crippen molar-refractivity contribution in [1.29, 1.82) is 0 Å². The molecule has 8 nitrogen and oxygen atoms in total. The molecule has 1 aromatic carbocycles. The van der Waals surface area contributed by atoms with Crippen LogP contribution in [0.15, 0.2) is 29.2 Å². The maximum Gasteiger partial charge on any atom is 0.238 e. The number of hydrogen-bond acceptors (Lipinski definition) is 5. The number of nitrogens with one attached hydrogen (secondary N) is 2. The highest BCUT2D eigenvalue weighted by molar-refractivity contribution is 7.89. The van der Waals surface area contributed by atoms with E-state index in [1.165, 1.54) is 23.1 Å². The van der Waals surface area contributed by atoms with Crippen molar-refractivity contribution in [2.45, 2.75) is 43.2 Å². The minimum absolute atomic E-state index is 0.0561. The molecule has 0 spiro atoms. The molecular weight excluding hydrogens is 356 g/mol. The van der Waals surface area contributed by atoms with Gasteiger partial charge in [0.15, 0.2) is 0 Å². The molecule has 9 heteroatoms. The summed E-state index contributed by atoms with van der Waals surface area (Å²) >= 11 is 0. The molecule has 26 heavy (non-hydrogen) atoms. The third-order valence-corrected chi connectivity index (χ3v) is 5.83. The number of carbonyl (C=O) groups excluding carboxylic acids is 2. The van der Waals surface area contributed by atoms with E-state index < -0.39 is 15.9 Å². The quantitative estimate of drug-likeness (QED) is 0.676. The van der Waals surface area contributed by atoms with Crippen molar-refractivity contribution in [2.24, 2.45) is 11.1 Å². The Balaban J connectivity index is 1.68. The van der Waals surface area contributed by atoms with Crippen LogP contribution in [-0.2, 0) is 19.6 Å². The number of amides is 2. The van der Waals surface area contributed by atoms with Crippen LogP contribution in [0.2, 0.25) is 0 Å². The highest BCUT2D eigenvalue weighted by Crippen LogP contribution is 2.27. The smallest absolute Gasteiger partial charge is 0.238 e. The number of piperidine rings is 1. The van der Waals surface area contributed by atoms with Crippen molar-refractivity contribution in [2.75, 3.05) is 18.0 Å². The highest BCUT2D eigenvalue weighted by atomic mass is 32.2. The fourth-order valence-electron chi connectivity index (χ4n) is 3.54. The Kier molecular flexibility index (Phi) is 5.31. The van der Waals surface area contributed by atoms with Crippen molar-refractivity contribution in [3.05, 3.63) is 24.3 Å². The molecule has 2 saturated heterocycles. The third kappa shape index (κ3) is 4.22. The van der Waals surface area contributed by atoms with Crippen LogP contribution in [0, 0.1) is 5.92 Å². The van der Waals surface area contributed by atoms with Crippen molar-refractivity contribution in [3.8, 4) is 0 Å². The van der Waals surface area contributed by atoms with E-state index in [4.69, 9.17) is 5.14 Å². The van der Waals surface area contributed by atoms with Crippen molar-refractivity contribution in [3.63, 3.8) is 0 Å². The second-order valence-electron chi connectivity index (χ2n) is 7.03. The lowest BCUT2D eigenvalue weighted by Crippen LogP contribution is -2.48. The fraction of sp³-hybridized carbons (Fsp3) is 0.529. The summed E-state index contributed by atoms with van der Waals surface area (Å²) in [4.78, 5) is 26.3. The molecule has 0 aromatic heterocycles. The van der Waals surface area contributed by atoms with Crippen LogP contribution in [0.4, 0.5) is 5.69 Å². The molecule has 2 amide bonds. The number of hydrogen-bond donors (Lipinski definition) is 3. The second-order valence-corrected chi connectivity index (χ2v) is 8.59. The van der Waals surface area contributed by atoms with E-state index in [1.807, 2.05) is 0 Å². The van der Waals surface area contributed by atoms with Crippen LogP contribution < -0.4 is 20.7 Å². The second kappa shape index (κ2) is 7.34. The Bertz CT molecular complexity index is 811. The van der Waals surface area contributed by atoms with E-state index in [0.29, 0.717) is 11.7 Å². The minimum Gasteiger partial charge on any atom is -0.353 e. The Morgan fingerprint density at radius 2 is 2.15 bits per heavy atom. The van der Waals surface area contributed by atoms with Crippen LogP contribution in [0.1, 0.15) is 26.2 Å². The molecule has 2 aliphatic heterocycles. The Morgan fingerprint density at radius 3 is 2.85 bits per heavy atom. The molecule has 0 bridgehead atoms. The standard InChI is InChI=1S/C17H24N4O4S/c1-11-7-13(5-6-19-11)20-17(23)12-8-16(22)21(10-12)14-3-2-4-15(9-14)26(18,24)25/h2-4,9,11-13,19H,5-8,10H2,1H3,(H,20,23)(H2,18,24,25). The topological polar surface area (TPSA) is 122 Å². The summed E-state index contributed by atoms with van der Waals surface area (Å²) in [6.45, 7) is 3.18. The summed E-state index contributed by atoms with van der Waals surface area (Å²) in [5, 5.41) is 11.5. The molecule has 1 aromatic rings. The lowest BCUT2D eigenvalue weighted by Gasteiger charge is -2.29. The van der Waals surface area contributed by atoms with Gasteiger partial charge in [0.1, 0.15) is 0 Å². The summed E-state index contributed by atoms with van der Waals surface area (Å²) in [5.41, 5.74) is 0.437. The molecule has 3 unspecified atom stereocenters. The molecule has 3 atom stereocenters. The van der Waals surface area contributed by atoms with Crippen LogP contribution in [0.5, 0.6) is 0 Å². The van der Waals surface area contributed by atoms with Crippen LogP contribution in [-0.4, -0.2) is 45.4 Å². The van der Waals surface area contributed by atoms with Gasteiger partial charge >= 0.3 is 0 Å². The Morgan fingerprint density at radius 1 is 1.38 bits per heavy atom. The number of primary sulfonamides is 1. The Labute approximate surface area is 153 Å². The zero-order valence-corrected chi connectivity index (χ0v) is 15.5. The maximum absolute atomic E-state index is 12.5. The molecule has 0 aliphatic carbocycles. The van der Waals surface area contributed by atoms with Crippen LogP contribution >= 0.6 is 0 Å². The van der Waals surface area contributed by atoms with E-state index in [9.17, 15) is 18.0 Å². The molecular formula is C17H24N4O4S. The number of nitrogens with zero attached hydrogens (tertiary/aromatic N) is 1. The summed E-state index contributed by atoms with van der Waals surface area (Å²) in [5.74, 6) is -0.760. The average Bonchev–Trinajstić information content (AvgIpc) is 2.96. The lowest BCUT2D eigenvalue weighted by atomic mass is 9.99. The highest BCUT2D eigenvalue weighted by Gasteiger charge is 2.36. The Hall–Kier alpha value is -1.97. The summed E-state index contributed by atoms with van der Waals surface area (Å²) in [7, 11) is -3.85. The lowest BCUT2D eigenvalue weighted by molar-refractivity contribution is -0.127. The molecule has 4 N–H and O–H groups in total. The van der Waals surface area contributed by atoms with Crippen molar-refractivity contribution in [1.82, 2.24) is 10.6 Å². The number of benzene rings is 1. The number of anilines is 1. The molecule has 2 fully saturated rings. The van der Waals surface area contributed by atoms with Crippen LogP contribution in [0.3, 0.4) is 0 Å². The first-order valence-corrected chi connectivity index (χ1v) is 10.3. The normalized spacial score (nSPS) is 26.8. The molecule has 142 valence electrons. The number of carbonyl (C=O) groups is 2. The van der Waals surface area contributed by atoms with Gasteiger partial charge in [0, 0.05) is 30.7 Å². The summed E-state index contributed by atoms with van der Waals surface area (Å²) < 4.78 is 23.0. The predicted molar refractivity (Wildman–Crippen MR) is 96.9 cm³/mol. The van der Waals surface area contributed by atoms with E-state index in [0.717, 1.165) is 19.4 Å². The fourth-order valence-corrected chi connectivity index (χ4v) is 4.10. The number of sulfonamides is 1. The maximum atomic E-state index is 12.5. The van der Waals surface area contributed by atoms with Gasteiger partial charge in [0.25, 0.3) is 0 Å². The van der Waals surface area contributed by atoms with Gasteiger partial charge in [-0.15, -0.1) is 0 Å². The van der Waals surface area contributed by atoms with Gasteiger partial charge in [-0.25, -0.2) is 13.6 Å². The zero-order valence-electron chi connectivity index (χ0n) is 14.6.